The monoisotopic (exact) mass is 278 g/mol. The summed E-state index contributed by atoms with van der Waals surface area (Å²) in [5, 5.41) is 2.77. The van der Waals surface area contributed by atoms with Crippen molar-refractivity contribution in [3.63, 3.8) is 0 Å². The summed E-state index contributed by atoms with van der Waals surface area (Å²) in [6, 6.07) is 7.58. The molecule has 1 atom stereocenters. The van der Waals surface area contributed by atoms with E-state index in [9.17, 15) is 4.21 Å². The fourth-order valence-electron chi connectivity index (χ4n) is 1.83. The first kappa shape index (κ1) is 14.3. The molecule has 2 rings (SSSR count). The topological polar surface area (TPSA) is 35.5 Å². The first-order chi connectivity index (χ1) is 9.09. The molecule has 0 aromatic heterocycles. The number of aryl methyl sites for hydroxylation is 1. The largest absolute Gasteiger partial charge is 0.348 e. The Kier molecular flexibility index (Phi) is 4.76. The molecular weight excluding hydrogens is 260 g/mol. The zero-order chi connectivity index (χ0) is 13.7. The predicted octanol–water partition coefficient (Wildman–Crippen LogP) is 2.61. The number of ether oxygens (including phenoxy) is 2. The van der Waals surface area contributed by atoms with E-state index in [0.717, 1.165) is 10.5 Å². The first-order valence-electron chi connectivity index (χ1n) is 6.34. The van der Waals surface area contributed by atoms with Crippen molar-refractivity contribution in [3.05, 3.63) is 29.8 Å². The lowest BCUT2D eigenvalue weighted by molar-refractivity contribution is -0.145. The third-order valence-corrected chi connectivity index (χ3v) is 4.03. The van der Waals surface area contributed by atoms with Gasteiger partial charge in [0.15, 0.2) is 5.79 Å². The molecule has 0 spiro atoms. The Balaban J connectivity index is 1.86. The number of rotatable bonds is 3. The lowest BCUT2D eigenvalue weighted by Gasteiger charge is -2.20. The summed E-state index contributed by atoms with van der Waals surface area (Å²) in [5.41, 5.74) is 1.15. The third-order valence-electron chi connectivity index (χ3n) is 3.00. The minimum absolute atomic E-state index is 0.514. The Labute approximate surface area is 116 Å². The molecule has 1 fully saturated rings. The van der Waals surface area contributed by atoms with E-state index in [4.69, 9.17) is 9.47 Å². The number of benzene rings is 1. The minimum Gasteiger partial charge on any atom is -0.348 e. The first-order valence-corrected chi connectivity index (χ1v) is 7.49. The summed E-state index contributed by atoms with van der Waals surface area (Å²) in [6.07, 6.45) is 1.32. The van der Waals surface area contributed by atoms with Gasteiger partial charge in [-0.3, -0.25) is 0 Å². The van der Waals surface area contributed by atoms with Crippen molar-refractivity contribution < 1.29 is 13.7 Å². The van der Waals surface area contributed by atoms with Crippen molar-refractivity contribution in [1.29, 1.82) is 0 Å². The normalized spacial score (nSPS) is 18.6. The fraction of sp³-hybridized carbons (Fsp3) is 0.467. The predicted molar refractivity (Wildman–Crippen MR) is 74.9 cm³/mol. The van der Waals surface area contributed by atoms with E-state index in [2.05, 4.69) is 11.2 Å². The Hall–Kier alpha value is -1.15. The molecule has 1 heterocycles. The molecule has 0 bridgehead atoms. The average molecular weight is 278 g/mol. The minimum atomic E-state index is -1.25. The lowest BCUT2D eigenvalue weighted by Crippen LogP contribution is -2.24. The van der Waals surface area contributed by atoms with E-state index in [1.807, 2.05) is 38.1 Å². The van der Waals surface area contributed by atoms with Crippen molar-refractivity contribution in [2.75, 3.05) is 13.2 Å². The van der Waals surface area contributed by atoms with E-state index in [0.29, 0.717) is 26.1 Å². The molecule has 0 unspecified atom stereocenters. The Morgan fingerprint density at radius 2 is 1.89 bits per heavy atom. The second kappa shape index (κ2) is 6.33. The quantitative estimate of drug-likeness (QED) is 0.797. The number of hydrogen-bond donors (Lipinski definition) is 0. The van der Waals surface area contributed by atoms with Gasteiger partial charge in [-0.2, -0.15) is 0 Å². The molecule has 0 aliphatic carbocycles. The maximum absolute atomic E-state index is 11.9. The van der Waals surface area contributed by atoms with Crippen molar-refractivity contribution in [3.8, 4) is 11.2 Å². The van der Waals surface area contributed by atoms with Gasteiger partial charge in [-0.25, -0.2) is 4.21 Å². The van der Waals surface area contributed by atoms with Crippen LogP contribution in [0.4, 0.5) is 0 Å². The molecule has 1 saturated heterocycles. The van der Waals surface area contributed by atoms with Gasteiger partial charge in [-0.15, -0.1) is 0 Å². The fourth-order valence-corrected chi connectivity index (χ4v) is 2.56. The third kappa shape index (κ3) is 4.17. The molecular formula is C15H18O3S. The molecule has 0 amide bonds. The van der Waals surface area contributed by atoms with Gasteiger partial charge in [-0.1, -0.05) is 23.6 Å². The summed E-state index contributed by atoms with van der Waals surface area (Å²) in [7, 11) is -1.25. The van der Waals surface area contributed by atoms with Crippen LogP contribution in [-0.2, 0) is 20.3 Å². The van der Waals surface area contributed by atoms with Crippen LogP contribution in [0.1, 0.15) is 25.3 Å². The molecule has 1 aliphatic heterocycles. The van der Waals surface area contributed by atoms with Crippen molar-refractivity contribution >= 4 is 10.8 Å². The van der Waals surface area contributed by atoms with Crippen LogP contribution in [0.15, 0.2) is 29.2 Å². The average Bonchev–Trinajstić information content (AvgIpc) is 2.83. The molecule has 0 saturated carbocycles. The summed E-state index contributed by atoms with van der Waals surface area (Å²) < 4.78 is 22.9. The highest BCUT2D eigenvalue weighted by atomic mass is 32.2. The molecule has 0 radical (unpaired) electrons. The Bertz CT molecular complexity index is 504. The van der Waals surface area contributed by atoms with Crippen LogP contribution in [0.5, 0.6) is 0 Å². The molecule has 1 aromatic carbocycles. The van der Waals surface area contributed by atoms with Crippen LogP contribution < -0.4 is 0 Å². The molecule has 4 heteroatoms. The second-order valence-corrected chi connectivity index (χ2v) is 5.90. The van der Waals surface area contributed by atoms with Crippen LogP contribution in [0.2, 0.25) is 0 Å². The van der Waals surface area contributed by atoms with Gasteiger partial charge in [0.1, 0.15) is 10.8 Å². The van der Waals surface area contributed by atoms with Crippen LogP contribution in [0.25, 0.3) is 0 Å². The molecule has 1 aliphatic rings. The maximum Gasteiger partial charge on any atom is 0.166 e. The Morgan fingerprint density at radius 1 is 1.26 bits per heavy atom. The van der Waals surface area contributed by atoms with Gasteiger partial charge in [0.2, 0.25) is 0 Å². The highest BCUT2D eigenvalue weighted by Crippen LogP contribution is 2.23. The van der Waals surface area contributed by atoms with E-state index >= 15 is 0 Å². The smallest absolute Gasteiger partial charge is 0.166 e. The summed E-state index contributed by atoms with van der Waals surface area (Å²) in [5.74, 6) is 2.43. The molecule has 19 heavy (non-hydrogen) atoms. The molecule has 1 aromatic rings. The zero-order valence-electron chi connectivity index (χ0n) is 11.3. The van der Waals surface area contributed by atoms with Crippen LogP contribution in [0, 0.1) is 18.1 Å². The maximum atomic E-state index is 11.9. The van der Waals surface area contributed by atoms with E-state index in [-0.39, 0.29) is 0 Å². The van der Waals surface area contributed by atoms with Crippen LogP contribution in [-0.4, -0.2) is 23.2 Å². The van der Waals surface area contributed by atoms with E-state index in [1.165, 1.54) is 0 Å². The van der Waals surface area contributed by atoms with Crippen molar-refractivity contribution in [1.82, 2.24) is 0 Å². The van der Waals surface area contributed by atoms with Gasteiger partial charge in [0.05, 0.1) is 18.1 Å². The second-order valence-electron chi connectivity index (χ2n) is 4.69. The van der Waals surface area contributed by atoms with Crippen molar-refractivity contribution in [2.24, 2.45) is 0 Å². The SMILES string of the molecule is Cc1ccc([S@](=O)C#CCCC2(C)OCCO2)cc1. The standard InChI is InChI=1S/C15H18O3S/c1-13-5-7-14(8-6-13)19(16)12-4-3-9-15(2)17-10-11-18-15/h5-8H,3,9-11H2,1-2H3/t19-/m1/s1. The Morgan fingerprint density at radius 3 is 2.53 bits per heavy atom. The molecule has 0 N–H and O–H groups in total. The number of hydrogen-bond acceptors (Lipinski definition) is 3. The van der Waals surface area contributed by atoms with E-state index in [1.54, 1.807) is 0 Å². The highest BCUT2D eigenvalue weighted by Gasteiger charge is 2.29. The summed E-state index contributed by atoms with van der Waals surface area (Å²) in [4.78, 5) is 0.748. The zero-order valence-corrected chi connectivity index (χ0v) is 12.1. The van der Waals surface area contributed by atoms with Gasteiger partial charge < -0.3 is 9.47 Å². The van der Waals surface area contributed by atoms with Gasteiger partial charge in [0, 0.05) is 18.1 Å². The van der Waals surface area contributed by atoms with Crippen LogP contribution >= 0.6 is 0 Å². The summed E-state index contributed by atoms with van der Waals surface area (Å²) >= 11 is 0. The molecule has 102 valence electrons. The van der Waals surface area contributed by atoms with Gasteiger partial charge in [-0.05, 0) is 26.0 Å². The van der Waals surface area contributed by atoms with E-state index < -0.39 is 16.6 Å². The highest BCUT2D eigenvalue weighted by molar-refractivity contribution is 7.89. The summed E-state index contributed by atoms with van der Waals surface area (Å²) in [6.45, 7) is 5.19. The molecule has 3 nitrogen and oxygen atoms in total. The lowest BCUT2D eigenvalue weighted by atomic mass is 10.2. The van der Waals surface area contributed by atoms with Crippen molar-refractivity contribution in [2.45, 2.75) is 37.4 Å². The van der Waals surface area contributed by atoms with Gasteiger partial charge >= 0.3 is 0 Å². The van der Waals surface area contributed by atoms with Crippen LogP contribution in [0.3, 0.4) is 0 Å². The van der Waals surface area contributed by atoms with Gasteiger partial charge in [0.25, 0.3) is 0 Å².